The van der Waals surface area contributed by atoms with Crippen LogP contribution >= 0.6 is 8.37 Å². The highest BCUT2D eigenvalue weighted by Gasteiger charge is 3.97. The van der Waals surface area contributed by atoms with Crippen molar-refractivity contribution in [3.63, 3.8) is 0 Å². The zero-order valence-electron chi connectivity index (χ0n) is 34.4. The van der Waals surface area contributed by atoms with E-state index in [1.54, 1.807) is 19.3 Å². The van der Waals surface area contributed by atoms with E-state index >= 15 is 0 Å². The zero-order chi connectivity index (χ0) is 34.9. The van der Waals surface area contributed by atoms with E-state index < -0.39 is 8.37 Å². The van der Waals surface area contributed by atoms with Gasteiger partial charge >= 0.3 is 0 Å². The molecule has 57 aliphatic carbocycles. The zero-order valence-corrected chi connectivity index (χ0v) is 35.4. The number of nitrogens with zero attached hydrogens (tertiary/aromatic N) is 3. The third-order valence-electron chi connectivity index (χ3n) is 62.6. The predicted octanol–water partition coefficient (Wildman–Crippen LogP) is 1.05. The molecule has 60 aliphatic rings. The third kappa shape index (κ3) is 0.338. The van der Waals surface area contributed by atoms with Crippen molar-refractivity contribution in [1.29, 1.82) is 0 Å². The molecule has 60 fully saturated rings. The second-order valence-electron chi connectivity index (χ2n) is 46.4. The van der Waals surface area contributed by atoms with E-state index in [-0.39, 0.29) is 0 Å². The highest BCUT2D eigenvalue weighted by atomic mass is 31.2. The molecule has 54 spiro atoms. The maximum Gasteiger partial charge on any atom is 0.216 e. The van der Waals surface area contributed by atoms with Crippen LogP contribution in [0.1, 0.15) is 19.3 Å². The summed E-state index contributed by atoms with van der Waals surface area (Å²) in [5, 5.41) is 0. The van der Waals surface area contributed by atoms with Gasteiger partial charge in [0.25, 0.3) is 0 Å². The molecule has 284 valence electrons. The summed E-state index contributed by atoms with van der Waals surface area (Å²) in [5.74, 6) is 4.14. The van der Waals surface area contributed by atoms with Gasteiger partial charge in [0.15, 0.2) is 0 Å². The summed E-state index contributed by atoms with van der Waals surface area (Å²) in [5.41, 5.74) is 63.1. The van der Waals surface area contributed by atoms with E-state index in [9.17, 15) is 0 Å². The molecule has 67 heavy (non-hydrogen) atoms. The minimum Gasteiger partial charge on any atom is -0.135 e. The van der Waals surface area contributed by atoms with Gasteiger partial charge in [-0.25, -0.2) is 0 Å². The fraction of sp³-hybridized carbons (Fsp3) is 1.00. The van der Waals surface area contributed by atoms with Crippen LogP contribution in [0.15, 0.2) is 0 Å². The molecule has 3 nitrogen and oxygen atoms in total. The van der Waals surface area contributed by atoms with Gasteiger partial charge in [0.2, 0.25) is 8.37 Å². The van der Waals surface area contributed by atoms with E-state index in [2.05, 4.69) is 14.0 Å². The van der Waals surface area contributed by atoms with E-state index in [0.717, 1.165) is 97.8 Å². The fourth-order valence-corrected chi connectivity index (χ4v) is 79.6. The van der Waals surface area contributed by atoms with Gasteiger partial charge < -0.3 is 0 Å². The Labute approximate surface area is 368 Å². The van der Waals surface area contributed by atoms with E-state index in [4.69, 9.17) is 0 Å². The molecule has 0 amide bonds. The lowest BCUT2D eigenvalue weighted by Crippen LogP contribution is -2.34. The number of rotatable bonds is 3. The van der Waals surface area contributed by atoms with Gasteiger partial charge in [-0.2, -0.15) is 0 Å². The van der Waals surface area contributed by atoms with Crippen LogP contribution in [-0.4, -0.2) is 48.8 Å². The molecule has 0 aromatic heterocycles. The lowest BCUT2D eigenvalue weighted by atomic mass is 9.83. The topological polar surface area (TPSA) is 9.03 Å². The van der Waals surface area contributed by atoms with Gasteiger partial charge in [-0.3, -0.25) is 0 Å². The minimum absolute atomic E-state index is 0.532. The molecule has 0 aromatic carbocycles. The number of hydrogen-bond donors (Lipinski definition) is 0. The first-order valence-corrected chi connectivity index (χ1v) is 34.0. The van der Waals surface area contributed by atoms with Crippen molar-refractivity contribution in [3.05, 3.63) is 48.7 Å². The second kappa shape index (κ2) is 2.22. The predicted molar refractivity (Wildman–Crippen MR) is 189 cm³/mol. The lowest BCUT2D eigenvalue weighted by molar-refractivity contribution is 0.237. The Hall–Kier alpha value is 0.310. The van der Waals surface area contributed by atoms with Gasteiger partial charge in [0.1, 0.15) is 0 Å². The molecule has 3 aliphatic heterocycles. The van der Waals surface area contributed by atoms with Crippen LogP contribution in [0.2, 0.25) is 0 Å². The maximum atomic E-state index is 3.71. The summed E-state index contributed by atoms with van der Waals surface area (Å²) in [6.07, 6.45) is 5.34. The molecule has 3 heterocycles. The minimum atomic E-state index is -0.532. The number of piperidine rings is 3. The maximum absolute atomic E-state index is 3.71. The highest BCUT2D eigenvalue weighted by molar-refractivity contribution is 7.52. The first-order valence-electron chi connectivity index (χ1n) is 32.6. The van der Waals surface area contributed by atoms with Crippen molar-refractivity contribution in [1.82, 2.24) is 14.0 Å². The quantitative estimate of drug-likeness (QED) is 0.311. The molecule has 3 saturated heterocycles. The van der Waals surface area contributed by atoms with Crippen LogP contribution in [0.5, 0.6) is 0 Å². The Morgan fingerprint density at radius 1 is 0.209 bits per heavy atom. The monoisotopic (exact) mass is 842 g/mol. The Kier molecular flexibility index (Phi) is 0.613. The van der Waals surface area contributed by atoms with Crippen LogP contribution in [0, 0.1) is 294 Å². The summed E-state index contributed by atoms with van der Waals surface area (Å²) in [6.45, 7) is 0. The highest BCUT2D eigenvalue weighted by Crippen LogP contribution is 3.98. The van der Waals surface area contributed by atoms with Crippen LogP contribution in [-0.2, 0) is 0 Å². The van der Waals surface area contributed by atoms with Gasteiger partial charge in [-0.15, -0.1) is 14.0 Å². The summed E-state index contributed by atoms with van der Waals surface area (Å²) in [7, 11) is -0.532. The first-order chi connectivity index (χ1) is 33.4. The fourth-order valence-electron chi connectivity index (χ4n) is 74.9. The van der Waals surface area contributed by atoms with Crippen molar-refractivity contribution < 1.29 is 0 Å². The second-order valence-corrected chi connectivity index (χ2v) is 48.5. The van der Waals surface area contributed by atoms with Crippen molar-refractivity contribution in [2.24, 2.45) is 245 Å². The SMILES string of the molecule is C1C2C13C21C32C13C21C32C13C21C32C34C56C78C9%10C%11N([PH+](N%12C%13C%12%14C%13%12C%14%13C%12%14C%13%12C%14%13C%12%14C%13%12C%13%15C%16%17C%18%19C%20%21C%22%23CC%22C%23%20C%21%18C%19%16C%17%13C%14%12%15)N%12C%13C%12%14C%13%12C%14%13C%12%14C%13%12C%14%13C%12%14C%13%12C%13%15C%16%17C%18%19C%20%21C%22%23CC%22C%23%20C%21%18C%19%16C%17%13C%14%12%15)C%119C%107C85C63C142. The van der Waals surface area contributed by atoms with E-state index in [1.165, 1.54) is 231 Å². The van der Waals surface area contributed by atoms with Crippen LogP contribution in [0.25, 0.3) is 0 Å². The standard InChI is InChI=1S/C63H12N3P/c1-4-10(1)13(4)22(10)28(13)34(22)40(28)46(34)52(40)58(46)55-43-31-16-7-19(16,25(16,31)37(31,43)49(43,55)61(52,55)58)64(7)67(65-8-17-20(8,65)26(17)32(17)38(26)44(32)50(38)56(44)59-47-35-23-11-2-5(11)14(11,23)29(23,35)41(35,47)53(47,59)62(50,56)59)66-9-18-21(9,66)27(18)33(18)39(27)45(33)51(39)57(45)60-48-36-24-12-3-6(12)15(12,24)30(24,36)42(36,48)54(48,60)63(51,57)60/h4-9H,1-3H2/p+1. The molecule has 60 rings (SSSR count). The summed E-state index contributed by atoms with van der Waals surface area (Å²) in [6, 6.07) is 3.78. The normalized spacial score (nSPS) is 171. The van der Waals surface area contributed by atoms with Crippen LogP contribution in [0.3, 0.4) is 0 Å². The molecule has 0 aromatic rings. The smallest absolute Gasteiger partial charge is 0.135 e. The number of hydrogen-bond acceptors (Lipinski definition) is 3. The van der Waals surface area contributed by atoms with Gasteiger partial charge in [0.05, 0.1) is 34.7 Å². The van der Waals surface area contributed by atoms with Crippen molar-refractivity contribution in [2.45, 2.75) is 54.0 Å². The molecular formula is C63H13N3P+. The largest absolute Gasteiger partial charge is 0.216 e. The average Bonchev–Trinajstić information content (AvgIpc) is 1.14. The van der Waals surface area contributed by atoms with E-state index in [0.29, 0.717) is 0 Å². The summed E-state index contributed by atoms with van der Waals surface area (Å²) < 4.78 is 11.1. The Bertz CT molecular complexity index is 5510. The molecule has 57 saturated carbocycles. The Morgan fingerprint density at radius 3 is 0.627 bits per heavy atom. The van der Waals surface area contributed by atoms with Gasteiger partial charge in [0, 0.05) is 146 Å². The van der Waals surface area contributed by atoms with Crippen molar-refractivity contribution in [2.75, 3.05) is 0 Å². The molecule has 63 unspecified atom stereocenters. The van der Waals surface area contributed by atoms with Gasteiger partial charge in [-0.1, -0.05) is 0 Å². The van der Waals surface area contributed by atoms with Crippen LogP contribution < -0.4 is 0 Å². The molecule has 0 N–H and O–H groups in total. The summed E-state index contributed by atoms with van der Waals surface area (Å²) >= 11 is 0. The molecular weight excluding hydrogens is 830 g/mol. The van der Waals surface area contributed by atoms with Crippen LogP contribution in [0.4, 0.5) is 0 Å². The van der Waals surface area contributed by atoms with E-state index in [1.807, 2.05) is 0 Å². The summed E-state index contributed by atoms with van der Waals surface area (Å²) in [4.78, 5) is 0. The first kappa shape index (κ1) is 18.6. The Morgan fingerprint density at radius 2 is 0.403 bits per heavy atom. The van der Waals surface area contributed by atoms with Crippen molar-refractivity contribution in [3.8, 4) is 0 Å². The molecule has 63 atom stereocenters. The van der Waals surface area contributed by atoms with Gasteiger partial charge in [-0.05, 0) is 167 Å². The molecule has 4 heteroatoms. The van der Waals surface area contributed by atoms with Crippen molar-refractivity contribution >= 4 is 8.37 Å². The molecule has 0 radical (unpaired) electrons. The Balaban J connectivity index is 0.414. The average molecular weight is 843 g/mol. The lowest BCUT2D eigenvalue weighted by Gasteiger charge is -2.30. The third-order valence-corrected chi connectivity index (χ3v) is 65.8. The molecule has 0 bridgehead atoms.